The molecule has 1 heterocycles. The van der Waals surface area contributed by atoms with Crippen molar-refractivity contribution in [1.29, 1.82) is 5.26 Å². The number of aromatic nitrogens is 2. The Morgan fingerprint density at radius 3 is 2.48 bits per heavy atom. The van der Waals surface area contributed by atoms with Crippen LogP contribution in [0.4, 0.5) is 5.82 Å². The second-order valence-corrected chi connectivity index (χ2v) is 6.28. The molecule has 0 amide bonds. The molecule has 0 aliphatic carbocycles. The first-order chi connectivity index (χ1) is 9.81. The average molecular weight is 311 g/mol. The fraction of sp³-hybridized carbons (Fsp3) is 0.667. The van der Waals surface area contributed by atoms with Gasteiger partial charge < -0.3 is 9.64 Å². The Hall–Kier alpha value is -1.38. The molecule has 0 aliphatic rings. The lowest BCUT2D eigenvalue weighted by atomic mass is 9.95. The van der Waals surface area contributed by atoms with Crippen molar-refractivity contribution in [3.8, 4) is 6.07 Å². The lowest BCUT2D eigenvalue weighted by molar-refractivity contribution is 0.205. The highest BCUT2D eigenvalue weighted by Crippen LogP contribution is 2.28. The van der Waals surface area contributed by atoms with Gasteiger partial charge in [-0.1, -0.05) is 32.4 Å². The van der Waals surface area contributed by atoms with E-state index in [-0.39, 0.29) is 5.41 Å². The van der Waals surface area contributed by atoms with E-state index in [1.165, 1.54) is 0 Å². The highest BCUT2D eigenvalue weighted by Gasteiger charge is 2.22. The van der Waals surface area contributed by atoms with E-state index in [1.807, 2.05) is 32.6 Å². The Labute approximate surface area is 131 Å². The van der Waals surface area contributed by atoms with Gasteiger partial charge in [-0.2, -0.15) is 5.26 Å². The van der Waals surface area contributed by atoms with Gasteiger partial charge in [0.05, 0.1) is 19.1 Å². The van der Waals surface area contributed by atoms with Crippen LogP contribution in [0.3, 0.4) is 0 Å². The molecular weight excluding hydrogens is 288 g/mol. The third-order valence-electron chi connectivity index (χ3n) is 3.09. The zero-order valence-electron chi connectivity index (χ0n) is 13.4. The van der Waals surface area contributed by atoms with Gasteiger partial charge in [-0.15, -0.1) is 0 Å². The van der Waals surface area contributed by atoms with Crippen molar-refractivity contribution in [3.63, 3.8) is 0 Å². The highest BCUT2D eigenvalue weighted by atomic mass is 35.5. The predicted molar refractivity (Wildman–Crippen MR) is 84.8 cm³/mol. The van der Waals surface area contributed by atoms with E-state index in [1.54, 1.807) is 7.11 Å². The number of halogens is 1. The molecule has 116 valence electrons. The largest absolute Gasteiger partial charge is 0.383 e. The van der Waals surface area contributed by atoms with E-state index in [0.29, 0.717) is 37.1 Å². The third-order valence-corrected chi connectivity index (χ3v) is 3.46. The van der Waals surface area contributed by atoms with Crippen LogP contribution in [-0.4, -0.2) is 36.8 Å². The monoisotopic (exact) mass is 310 g/mol. The predicted octanol–water partition coefficient (Wildman–Crippen LogP) is 3.10. The zero-order chi connectivity index (χ0) is 16.0. The van der Waals surface area contributed by atoms with Gasteiger partial charge >= 0.3 is 0 Å². The summed E-state index contributed by atoms with van der Waals surface area (Å²) in [4.78, 5) is 11.1. The third kappa shape index (κ3) is 4.83. The number of hydrogen-bond acceptors (Lipinski definition) is 5. The SMILES string of the molecule is COCCN(CCC#N)c1nc(C(C)(C)C)nc(Cl)c1C. The number of methoxy groups -OCH3 is 1. The van der Waals surface area contributed by atoms with Gasteiger partial charge in [0.15, 0.2) is 0 Å². The first-order valence-corrected chi connectivity index (χ1v) is 7.34. The normalized spacial score (nSPS) is 11.3. The van der Waals surface area contributed by atoms with Crippen LogP contribution in [0, 0.1) is 18.3 Å². The molecule has 0 saturated heterocycles. The molecular formula is C15H23ClN4O. The van der Waals surface area contributed by atoms with Crippen molar-refractivity contribution in [2.75, 3.05) is 31.7 Å². The van der Waals surface area contributed by atoms with E-state index in [2.05, 4.69) is 16.0 Å². The fourth-order valence-electron chi connectivity index (χ4n) is 1.83. The van der Waals surface area contributed by atoms with Gasteiger partial charge in [-0.3, -0.25) is 0 Å². The molecule has 1 rings (SSSR count). The van der Waals surface area contributed by atoms with E-state index in [9.17, 15) is 0 Å². The van der Waals surface area contributed by atoms with Crippen molar-refractivity contribution < 1.29 is 4.74 Å². The van der Waals surface area contributed by atoms with Crippen molar-refractivity contribution in [2.45, 2.75) is 39.5 Å². The van der Waals surface area contributed by atoms with Crippen LogP contribution in [0.25, 0.3) is 0 Å². The molecule has 0 unspecified atom stereocenters. The fourth-order valence-corrected chi connectivity index (χ4v) is 2.00. The first-order valence-electron chi connectivity index (χ1n) is 6.96. The minimum atomic E-state index is -0.186. The zero-order valence-corrected chi connectivity index (χ0v) is 14.2. The summed E-state index contributed by atoms with van der Waals surface area (Å²) in [5, 5.41) is 9.29. The van der Waals surface area contributed by atoms with Gasteiger partial charge in [0.1, 0.15) is 16.8 Å². The van der Waals surface area contributed by atoms with Crippen LogP contribution < -0.4 is 4.90 Å². The maximum absolute atomic E-state index is 8.83. The second kappa shape index (κ2) is 7.58. The van der Waals surface area contributed by atoms with Crippen LogP contribution in [0.2, 0.25) is 5.15 Å². The van der Waals surface area contributed by atoms with Gasteiger partial charge in [0.25, 0.3) is 0 Å². The summed E-state index contributed by atoms with van der Waals surface area (Å²) < 4.78 is 5.14. The van der Waals surface area contributed by atoms with Crippen molar-refractivity contribution >= 4 is 17.4 Å². The Kier molecular flexibility index (Phi) is 6.38. The molecule has 0 saturated carbocycles. The van der Waals surface area contributed by atoms with Crippen LogP contribution in [-0.2, 0) is 10.2 Å². The summed E-state index contributed by atoms with van der Waals surface area (Å²) in [6.07, 6.45) is 0.426. The Bertz CT molecular complexity index is 520. The molecule has 0 aromatic carbocycles. The topological polar surface area (TPSA) is 62.0 Å². The second-order valence-electron chi connectivity index (χ2n) is 5.92. The molecule has 0 bridgehead atoms. The molecule has 6 heteroatoms. The van der Waals surface area contributed by atoms with Crippen LogP contribution >= 0.6 is 11.6 Å². The number of nitrogens with zero attached hydrogens (tertiary/aromatic N) is 4. The maximum Gasteiger partial charge on any atom is 0.137 e. The van der Waals surface area contributed by atoms with E-state index in [0.717, 1.165) is 11.4 Å². The van der Waals surface area contributed by atoms with Gasteiger partial charge in [0.2, 0.25) is 0 Å². The lowest BCUT2D eigenvalue weighted by Crippen LogP contribution is -2.31. The molecule has 0 aliphatic heterocycles. The molecule has 0 N–H and O–H groups in total. The summed E-state index contributed by atoms with van der Waals surface area (Å²) in [6.45, 7) is 9.87. The van der Waals surface area contributed by atoms with Crippen molar-refractivity contribution in [2.24, 2.45) is 0 Å². The molecule has 0 fully saturated rings. The molecule has 0 atom stereocenters. The molecule has 21 heavy (non-hydrogen) atoms. The van der Waals surface area contributed by atoms with E-state index in [4.69, 9.17) is 21.6 Å². The number of ether oxygens (including phenoxy) is 1. The Morgan fingerprint density at radius 1 is 1.29 bits per heavy atom. The van der Waals surface area contributed by atoms with E-state index < -0.39 is 0 Å². The molecule has 1 aromatic heterocycles. The van der Waals surface area contributed by atoms with Crippen molar-refractivity contribution in [3.05, 3.63) is 16.5 Å². The summed E-state index contributed by atoms with van der Waals surface area (Å²) >= 11 is 6.26. The minimum Gasteiger partial charge on any atom is -0.383 e. The number of rotatable bonds is 6. The molecule has 5 nitrogen and oxygen atoms in total. The molecule has 0 spiro atoms. The van der Waals surface area contributed by atoms with Crippen LogP contribution in [0.15, 0.2) is 0 Å². The van der Waals surface area contributed by atoms with Crippen LogP contribution in [0.5, 0.6) is 0 Å². The first kappa shape index (κ1) is 17.7. The smallest absolute Gasteiger partial charge is 0.137 e. The lowest BCUT2D eigenvalue weighted by Gasteiger charge is -2.26. The molecule has 1 aromatic rings. The minimum absolute atomic E-state index is 0.186. The average Bonchev–Trinajstić information content (AvgIpc) is 2.41. The summed E-state index contributed by atoms with van der Waals surface area (Å²) in [7, 11) is 1.66. The summed E-state index contributed by atoms with van der Waals surface area (Å²) in [5.41, 5.74) is 0.646. The van der Waals surface area contributed by atoms with Gasteiger partial charge in [0, 0.05) is 31.2 Å². The number of nitriles is 1. The highest BCUT2D eigenvalue weighted by molar-refractivity contribution is 6.30. The summed E-state index contributed by atoms with van der Waals surface area (Å²) in [6, 6.07) is 2.16. The molecule has 0 radical (unpaired) electrons. The maximum atomic E-state index is 8.83. The quantitative estimate of drug-likeness (QED) is 0.755. The number of anilines is 1. The van der Waals surface area contributed by atoms with Gasteiger partial charge in [-0.25, -0.2) is 9.97 Å². The Morgan fingerprint density at radius 2 is 1.95 bits per heavy atom. The van der Waals surface area contributed by atoms with Crippen molar-refractivity contribution in [1.82, 2.24) is 9.97 Å². The van der Waals surface area contributed by atoms with Crippen LogP contribution in [0.1, 0.15) is 38.6 Å². The van der Waals surface area contributed by atoms with Gasteiger partial charge in [-0.05, 0) is 6.92 Å². The van der Waals surface area contributed by atoms with E-state index >= 15 is 0 Å². The standard InChI is InChI=1S/C15H23ClN4O/c1-11-12(16)18-14(15(2,3)4)19-13(11)20(8-6-7-17)9-10-21-5/h6,8-10H2,1-5H3. The Balaban J connectivity index is 3.22. The summed E-state index contributed by atoms with van der Waals surface area (Å²) in [5.74, 6) is 1.49. The number of hydrogen-bond donors (Lipinski definition) is 0.